The van der Waals surface area contributed by atoms with Crippen molar-refractivity contribution in [1.82, 2.24) is 4.98 Å². The number of benzene rings is 1. The Morgan fingerprint density at radius 1 is 1.19 bits per heavy atom. The lowest BCUT2D eigenvalue weighted by Crippen LogP contribution is -2.01. The molecule has 0 aliphatic heterocycles. The van der Waals surface area contributed by atoms with Crippen LogP contribution in [0.4, 0.5) is 5.69 Å². The standard InChI is InChI=1S/C14H13BrCl2N2O2/c1-20-12-4-8(3-11(16)13(12)21-2)6-18-9-5-10(15)14(17)19-7-9/h3-5,7,18H,6H2,1-2H3. The molecule has 1 N–H and O–H groups in total. The van der Waals surface area contributed by atoms with Gasteiger partial charge in [0.25, 0.3) is 0 Å². The van der Waals surface area contributed by atoms with E-state index in [1.54, 1.807) is 20.4 Å². The van der Waals surface area contributed by atoms with Crippen LogP contribution < -0.4 is 14.8 Å². The van der Waals surface area contributed by atoms with Crippen LogP contribution in [-0.4, -0.2) is 19.2 Å². The molecular formula is C14H13BrCl2N2O2. The van der Waals surface area contributed by atoms with Gasteiger partial charge in [-0.15, -0.1) is 0 Å². The average molecular weight is 392 g/mol. The molecule has 0 spiro atoms. The van der Waals surface area contributed by atoms with Crippen LogP contribution in [-0.2, 0) is 6.54 Å². The second-order valence-corrected chi connectivity index (χ2v) is 5.78. The minimum absolute atomic E-state index is 0.426. The van der Waals surface area contributed by atoms with Gasteiger partial charge in [-0.05, 0) is 39.7 Å². The number of halogens is 3. The van der Waals surface area contributed by atoms with Crippen LogP contribution in [0.15, 0.2) is 28.9 Å². The summed E-state index contributed by atoms with van der Waals surface area (Å²) in [6.45, 7) is 0.565. The summed E-state index contributed by atoms with van der Waals surface area (Å²) in [6.07, 6.45) is 1.66. The molecule has 0 amide bonds. The van der Waals surface area contributed by atoms with E-state index in [4.69, 9.17) is 32.7 Å². The number of rotatable bonds is 5. The zero-order valence-corrected chi connectivity index (χ0v) is 14.5. The monoisotopic (exact) mass is 390 g/mol. The van der Waals surface area contributed by atoms with Crippen molar-refractivity contribution in [3.05, 3.63) is 44.6 Å². The summed E-state index contributed by atoms with van der Waals surface area (Å²) in [6, 6.07) is 5.56. The first-order valence-corrected chi connectivity index (χ1v) is 7.55. The van der Waals surface area contributed by atoms with Gasteiger partial charge in [0.1, 0.15) is 5.15 Å². The Hall–Kier alpha value is -1.17. The van der Waals surface area contributed by atoms with Gasteiger partial charge in [0, 0.05) is 6.54 Å². The summed E-state index contributed by atoms with van der Waals surface area (Å²) < 4.78 is 11.2. The van der Waals surface area contributed by atoms with Crippen LogP contribution in [0.1, 0.15) is 5.56 Å². The van der Waals surface area contributed by atoms with Crippen molar-refractivity contribution in [2.45, 2.75) is 6.54 Å². The normalized spacial score (nSPS) is 10.3. The lowest BCUT2D eigenvalue weighted by molar-refractivity contribution is 0.355. The van der Waals surface area contributed by atoms with E-state index >= 15 is 0 Å². The molecule has 0 unspecified atom stereocenters. The minimum atomic E-state index is 0.426. The van der Waals surface area contributed by atoms with E-state index in [9.17, 15) is 0 Å². The average Bonchev–Trinajstić information content (AvgIpc) is 2.47. The van der Waals surface area contributed by atoms with Crippen LogP contribution in [0.25, 0.3) is 0 Å². The van der Waals surface area contributed by atoms with Crippen molar-refractivity contribution >= 4 is 44.8 Å². The zero-order valence-electron chi connectivity index (χ0n) is 11.4. The van der Waals surface area contributed by atoms with Crippen molar-refractivity contribution in [3.63, 3.8) is 0 Å². The topological polar surface area (TPSA) is 43.4 Å². The first kappa shape index (κ1) is 16.2. The second kappa shape index (κ2) is 7.20. The molecule has 0 aliphatic carbocycles. The van der Waals surface area contributed by atoms with Gasteiger partial charge in [-0.2, -0.15) is 0 Å². The van der Waals surface area contributed by atoms with Gasteiger partial charge in [-0.3, -0.25) is 0 Å². The maximum absolute atomic E-state index is 6.17. The highest BCUT2D eigenvalue weighted by Crippen LogP contribution is 2.36. The number of aromatic nitrogens is 1. The molecule has 4 nitrogen and oxygen atoms in total. The number of methoxy groups -OCH3 is 2. The summed E-state index contributed by atoms with van der Waals surface area (Å²) in [5, 5.41) is 4.17. The Kier molecular flexibility index (Phi) is 5.56. The third-order valence-corrected chi connectivity index (χ3v) is 4.20. The summed E-state index contributed by atoms with van der Waals surface area (Å²) in [5.41, 5.74) is 1.81. The Bertz CT molecular complexity index is 653. The lowest BCUT2D eigenvalue weighted by atomic mass is 10.2. The van der Waals surface area contributed by atoms with E-state index in [-0.39, 0.29) is 0 Å². The van der Waals surface area contributed by atoms with Gasteiger partial charge in [0.15, 0.2) is 11.5 Å². The van der Waals surface area contributed by atoms with Gasteiger partial charge in [0.2, 0.25) is 0 Å². The molecule has 0 radical (unpaired) electrons. The third kappa shape index (κ3) is 3.93. The molecule has 0 fully saturated rings. The molecule has 0 atom stereocenters. The van der Waals surface area contributed by atoms with E-state index in [0.717, 1.165) is 15.7 Å². The molecule has 7 heteroatoms. The van der Waals surface area contributed by atoms with E-state index in [2.05, 4.69) is 26.2 Å². The van der Waals surface area contributed by atoms with E-state index in [1.807, 2.05) is 18.2 Å². The fourth-order valence-electron chi connectivity index (χ4n) is 1.80. The highest BCUT2D eigenvalue weighted by Gasteiger charge is 2.11. The Morgan fingerprint density at radius 2 is 1.95 bits per heavy atom. The highest BCUT2D eigenvalue weighted by atomic mass is 79.9. The molecule has 0 bridgehead atoms. The fraction of sp³-hybridized carbons (Fsp3) is 0.214. The first-order chi connectivity index (χ1) is 10.0. The van der Waals surface area contributed by atoms with Crippen LogP contribution >= 0.6 is 39.1 Å². The summed E-state index contributed by atoms with van der Waals surface area (Å²) in [5.74, 6) is 1.12. The van der Waals surface area contributed by atoms with Crippen molar-refractivity contribution in [2.75, 3.05) is 19.5 Å². The minimum Gasteiger partial charge on any atom is -0.493 e. The molecule has 2 aromatic rings. The highest BCUT2D eigenvalue weighted by molar-refractivity contribution is 9.10. The van der Waals surface area contributed by atoms with Gasteiger partial charge in [-0.25, -0.2) is 4.98 Å². The molecule has 112 valence electrons. The number of anilines is 1. The Labute approximate surface area is 141 Å². The summed E-state index contributed by atoms with van der Waals surface area (Å²) in [7, 11) is 3.13. The van der Waals surface area contributed by atoms with Crippen LogP contribution in [0.5, 0.6) is 11.5 Å². The van der Waals surface area contributed by atoms with Gasteiger partial charge >= 0.3 is 0 Å². The first-order valence-electron chi connectivity index (χ1n) is 6.00. The molecule has 1 aromatic heterocycles. The molecule has 0 saturated heterocycles. The smallest absolute Gasteiger partial charge is 0.179 e. The van der Waals surface area contributed by atoms with Crippen molar-refractivity contribution < 1.29 is 9.47 Å². The molecule has 21 heavy (non-hydrogen) atoms. The van der Waals surface area contributed by atoms with E-state index in [1.165, 1.54) is 0 Å². The van der Waals surface area contributed by atoms with Crippen molar-refractivity contribution in [2.24, 2.45) is 0 Å². The SMILES string of the molecule is COc1cc(CNc2cnc(Cl)c(Br)c2)cc(Cl)c1OC. The Morgan fingerprint density at radius 3 is 2.57 bits per heavy atom. The van der Waals surface area contributed by atoms with Gasteiger partial charge < -0.3 is 14.8 Å². The van der Waals surface area contributed by atoms with Crippen LogP contribution in [0.3, 0.4) is 0 Å². The quantitative estimate of drug-likeness (QED) is 0.744. The number of pyridine rings is 1. The Balaban J connectivity index is 2.16. The number of hydrogen-bond acceptors (Lipinski definition) is 4. The fourth-order valence-corrected chi connectivity index (χ4v) is 2.56. The predicted molar refractivity (Wildman–Crippen MR) is 88.8 cm³/mol. The number of hydrogen-bond donors (Lipinski definition) is 1. The predicted octanol–water partition coefficient (Wildman–Crippen LogP) is 4.78. The molecule has 1 aromatic carbocycles. The zero-order chi connectivity index (χ0) is 15.4. The number of ether oxygens (including phenoxy) is 2. The molecule has 0 aliphatic rings. The maximum Gasteiger partial charge on any atom is 0.179 e. The number of nitrogens with one attached hydrogen (secondary N) is 1. The summed E-state index contributed by atoms with van der Waals surface area (Å²) in [4.78, 5) is 4.05. The van der Waals surface area contributed by atoms with Crippen LogP contribution in [0.2, 0.25) is 10.2 Å². The molecule has 0 saturated carbocycles. The van der Waals surface area contributed by atoms with Crippen LogP contribution in [0, 0.1) is 0 Å². The molecule has 1 heterocycles. The number of nitrogens with zero attached hydrogens (tertiary/aromatic N) is 1. The second-order valence-electron chi connectivity index (χ2n) is 4.16. The lowest BCUT2D eigenvalue weighted by Gasteiger charge is -2.13. The summed E-state index contributed by atoms with van der Waals surface area (Å²) >= 11 is 15.4. The third-order valence-electron chi connectivity index (χ3n) is 2.79. The maximum atomic E-state index is 6.17. The molecular weight excluding hydrogens is 379 g/mol. The largest absolute Gasteiger partial charge is 0.493 e. The van der Waals surface area contributed by atoms with Gasteiger partial charge in [0.05, 0.1) is 35.6 Å². The van der Waals surface area contributed by atoms with Gasteiger partial charge in [-0.1, -0.05) is 23.2 Å². The van der Waals surface area contributed by atoms with Crippen molar-refractivity contribution in [1.29, 1.82) is 0 Å². The van der Waals surface area contributed by atoms with Crippen molar-refractivity contribution in [3.8, 4) is 11.5 Å². The van der Waals surface area contributed by atoms with E-state index < -0.39 is 0 Å². The van der Waals surface area contributed by atoms with E-state index in [0.29, 0.717) is 28.2 Å². The molecule has 2 rings (SSSR count).